The molecule has 1 saturated carbocycles. The Bertz CT molecular complexity index is 1520. The number of rotatable bonds is 8. The van der Waals surface area contributed by atoms with Gasteiger partial charge in [0.05, 0.1) is 36.0 Å². The van der Waals surface area contributed by atoms with Crippen LogP contribution in [0.3, 0.4) is 0 Å². The van der Waals surface area contributed by atoms with Crippen molar-refractivity contribution >= 4 is 11.8 Å². The Balaban J connectivity index is 1.49. The summed E-state index contributed by atoms with van der Waals surface area (Å²) in [5.74, 6) is -1.07. The molecule has 2 aliphatic rings. The number of methoxy groups -OCH3 is 2. The number of hydrogen-bond acceptors (Lipinski definition) is 6. The third-order valence-electron chi connectivity index (χ3n) is 7.37. The molecule has 12 heteroatoms. The molecular formula is C28H30F3N5O4. The molecule has 3 aromatic rings. The van der Waals surface area contributed by atoms with Gasteiger partial charge in [-0.25, -0.2) is 4.98 Å². The van der Waals surface area contributed by atoms with Crippen LogP contribution >= 0.6 is 0 Å². The van der Waals surface area contributed by atoms with Gasteiger partial charge in [-0.3, -0.25) is 14.3 Å². The quantitative estimate of drug-likeness (QED) is 0.442. The average Bonchev–Trinajstić information content (AvgIpc) is 3.57. The van der Waals surface area contributed by atoms with Crippen LogP contribution in [0.1, 0.15) is 68.2 Å². The summed E-state index contributed by atoms with van der Waals surface area (Å²) in [5, 5.41) is 7.04. The van der Waals surface area contributed by atoms with Crippen LogP contribution in [0, 0.1) is 6.92 Å². The number of pyridine rings is 1. The molecule has 9 nitrogen and oxygen atoms in total. The predicted octanol–water partition coefficient (Wildman–Crippen LogP) is 4.27. The van der Waals surface area contributed by atoms with Crippen LogP contribution in [0.5, 0.6) is 11.6 Å². The van der Waals surface area contributed by atoms with Crippen molar-refractivity contribution in [1.82, 2.24) is 25.0 Å². The molecule has 3 heterocycles. The van der Waals surface area contributed by atoms with Crippen LogP contribution < -0.4 is 14.8 Å². The lowest BCUT2D eigenvalue weighted by Crippen LogP contribution is -2.42. The summed E-state index contributed by atoms with van der Waals surface area (Å²) in [6.45, 7) is 1.07. The van der Waals surface area contributed by atoms with Crippen molar-refractivity contribution in [3.05, 3.63) is 70.7 Å². The minimum absolute atomic E-state index is 0.0512. The zero-order valence-electron chi connectivity index (χ0n) is 24.9. The van der Waals surface area contributed by atoms with Crippen molar-refractivity contribution < 1.29 is 36.3 Å². The molecule has 0 unspecified atom stereocenters. The summed E-state index contributed by atoms with van der Waals surface area (Å²) in [7, 11) is -1.37. The number of carbonyl (C=O) groups is 2. The molecule has 0 spiro atoms. The molecule has 2 aromatic heterocycles. The molecule has 2 atom stereocenters. The van der Waals surface area contributed by atoms with E-state index in [0.717, 1.165) is 18.9 Å². The fourth-order valence-corrected chi connectivity index (χ4v) is 5.23. The van der Waals surface area contributed by atoms with E-state index in [0.29, 0.717) is 21.5 Å². The predicted molar refractivity (Wildman–Crippen MR) is 138 cm³/mol. The number of likely N-dealkylation sites (tertiary alicyclic amines) is 1. The van der Waals surface area contributed by atoms with E-state index in [9.17, 15) is 22.8 Å². The number of nitrogens with zero attached hydrogens (tertiary/aromatic N) is 4. The number of aromatic nitrogens is 3. The van der Waals surface area contributed by atoms with E-state index in [1.165, 1.54) is 30.3 Å². The Morgan fingerprint density at radius 1 is 1.18 bits per heavy atom. The third-order valence-corrected chi connectivity index (χ3v) is 7.37. The average molecular weight is 561 g/mol. The molecule has 212 valence electrons. The van der Waals surface area contributed by atoms with Crippen molar-refractivity contribution in [3.8, 4) is 11.6 Å². The van der Waals surface area contributed by atoms with Crippen LogP contribution in [0.2, 0.25) is 0 Å². The minimum atomic E-state index is -4.71. The molecule has 1 aliphatic heterocycles. The van der Waals surface area contributed by atoms with Gasteiger partial charge in [0.15, 0.2) is 0 Å². The molecular weight excluding hydrogens is 527 g/mol. The van der Waals surface area contributed by atoms with Gasteiger partial charge in [-0.15, -0.1) is 0 Å². The maximum Gasteiger partial charge on any atom is 0.433 e. The molecule has 0 bridgehead atoms. The molecule has 1 N–H and O–H groups in total. The fourth-order valence-electron chi connectivity index (χ4n) is 5.23. The standard InChI is InChI=1S/C28H30F3N5O4/c1-16-18(6-4-8-22(16)39-2)25-20(33-26(38)19-7-5-12-32-27(19)40-3)11-13-35(25)24(37)15-36-23(28(29,30)31)14-21(34-36)17-9-10-17/h4-8,12,14,17,20,25H,9-11,13,15H2,1-3H3,(H,33,38)/t20-,25-/m1/s1/i2D3. The fraction of sp³-hybridized carbons (Fsp3) is 0.429. The van der Waals surface area contributed by atoms with Crippen molar-refractivity contribution in [2.75, 3.05) is 20.7 Å². The summed E-state index contributed by atoms with van der Waals surface area (Å²) in [4.78, 5) is 32.5. The highest BCUT2D eigenvalue weighted by molar-refractivity contribution is 5.96. The van der Waals surface area contributed by atoms with E-state index in [1.54, 1.807) is 25.1 Å². The molecule has 0 radical (unpaired) electrons. The number of amides is 2. The highest BCUT2D eigenvalue weighted by Crippen LogP contribution is 2.42. The van der Waals surface area contributed by atoms with E-state index < -0.39 is 49.4 Å². The van der Waals surface area contributed by atoms with Crippen LogP contribution in [0.4, 0.5) is 13.2 Å². The van der Waals surface area contributed by atoms with E-state index in [2.05, 4.69) is 15.4 Å². The summed E-state index contributed by atoms with van der Waals surface area (Å²) >= 11 is 0. The topological polar surface area (TPSA) is 98.6 Å². The number of carbonyl (C=O) groups excluding carboxylic acids is 2. The second-order valence-corrected chi connectivity index (χ2v) is 9.92. The van der Waals surface area contributed by atoms with Gasteiger partial charge in [0.25, 0.3) is 5.91 Å². The Morgan fingerprint density at radius 2 is 1.98 bits per heavy atom. The molecule has 40 heavy (non-hydrogen) atoms. The first-order chi connectivity index (χ1) is 20.3. The third kappa shape index (κ3) is 5.34. The van der Waals surface area contributed by atoms with Gasteiger partial charge >= 0.3 is 6.18 Å². The first-order valence-electron chi connectivity index (χ1n) is 14.3. The van der Waals surface area contributed by atoms with Crippen LogP contribution in [-0.4, -0.2) is 58.2 Å². The zero-order chi connectivity index (χ0) is 31.1. The maximum absolute atomic E-state index is 13.9. The number of nitrogens with one attached hydrogen (secondary N) is 1. The van der Waals surface area contributed by atoms with Gasteiger partial charge in [-0.1, -0.05) is 12.1 Å². The Labute approximate surface area is 233 Å². The normalized spacial score (nSPS) is 20.4. The monoisotopic (exact) mass is 560 g/mol. The van der Waals surface area contributed by atoms with Crippen LogP contribution in [0.25, 0.3) is 0 Å². The smallest absolute Gasteiger partial charge is 0.433 e. The van der Waals surface area contributed by atoms with Crippen LogP contribution in [-0.2, 0) is 17.5 Å². The molecule has 1 aromatic carbocycles. The lowest BCUT2D eigenvalue weighted by atomic mass is 9.95. The van der Waals surface area contributed by atoms with Gasteiger partial charge in [0.1, 0.15) is 23.6 Å². The number of hydrogen-bond donors (Lipinski definition) is 1. The van der Waals surface area contributed by atoms with Gasteiger partial charge in [-0.2, -0.15) is 18.3 Å². The summed E-state index contributed by atoms with van der Waals surface area (Å²) < 4.78 is 75.2. The van der Waals surface area contributed by atoms with Gasteiger partial charge in [0.2, 0.25) is 11.8 Å². The molecule has 1 saturated heterocycles. The first kappa shape index (κ1) is 23.8. The van der Waals surface area contributed by atoms with Crippen molar-refractivity contribution in [3.63, 3.8) is 0 Å². The molecule has 5 rings (SSSR count). The highest BCUT2D eigenvalue weighted by atomic mass is 19.4. The second-order valence-electron chi connectivity index (χ2n) is 9.92. The lowest BCUT2D eigenvalue weighted by molar-refractivity contribution is -0.146. The number of halogens is 3. The summed E-state index contributed by atoms with van der Waals surface area (Å²) in [5.41, 5.74) is 0.345. The van der Waals surface area contributed by atoms with E-state index in [-0.39, 0.29) is 36.1 Å². The molecule has 2 fully saturated rings. The first-order valence-corrected chi connectivity index (χ1v) is 12.8. The maximum atomic E-state index is 13.9. The Morgan fingerprint density at radius 3 is 2.67 bits per heavy atom. The van der Waals surface area contributed by atoms with Gasteiger partial charge in [-0.05, 0) is 61.6 Å². The van der Waals surface area contributed by atoms with Crippen molar-refractivity contribution in [2.24, 2.45) is 0 Å². The minimum Gasteiger partial charge on any atom is -0.496 e. The summed E-state index contributed by atoms with van der Waals surface area (Å²) in [6, 6.07) is 7.24. The zero-order valence-corrected chi connectivity index (χ0v) is 21.9. The number of alkyl halides is 3. The number of benzene rings is 1. The second kappa shape index (κ2) is 10.8. The Kier molecular flexibility index (Phi) is 6.43. The Hall–Kier alpha value is -4.09. The largest absolute Gasteiger partial charge is 0.496 e. The van der Waals surface area contributed by atoms with Gasteiger partial charge in [0, 0.05) is 18.7 Å². The van der Waals surface area contributed by atoms with Crippen molar-refractivity contribution in [2.45, 2.75) is 56.9 Å². The molecule has 1 aliphatic carbocycles. The van der Waals surface area contributed by atoms with Crippen molar-refractivity contribution in [1.29, 1.82) is 0 Å². The SMILES string of the molecule is [2H]C([2H])([2H])Oc1cccc([C@@H]2[C@H](NC(=O)c3cccnc3OC)CCN2C(=O)Cn2nc(C3CC3)cc2C(F)(F)F)c1C. The van der Waals surface area contributed by atoms with E-state index in [1.807, 2.05) is 0 Å². The summed E-state index contributed by atoms with van der Waals surface area (Å²) in [6.07, 6.45) is -1.48. The lowest BCUT2D eigenvalue weighted by Gasteiger charge is -2.31. The number of ether oxygens (including phenoxy) is 2. The highest BCUT2D eigenvalue weighted by Gasteiger charge is 2.42. The molecule has 2 amide bonds. The van der Waals surface area contributed by atoms with Crippen LogP contribution in [0.15, 0.2) is 42.6 Å². The van der Waals surface area contributed by atoms with E-state index in [4.69, 9.17) is 13.6 Å². The van der Waals surface area contributed by atoms with Gasteiger partial charge < -0.3 is 19.7 Å². The van der Waals surface area contributed by atoms with E-state index >= 15 is 0 Å².